The SMILES string of the molecule is CCOC1CC2(CC(=O)CCO2)C1. The minimum atomic E-state index is -0.130. The van der Waals surface area contributed by atoms with Gasteiger partial charge in [0.1, 0.15) is 5.78 Å². The topological polar surface area (TPSA) is 35.5 Å². The molecule has 2 fully saturated rings. The van der Waals surface area contributed by atoms with Gasteiger partial charge in [-0.15, -0.1) is 0 Å². The predicted molar refractivity (Wildman–Crippen MR) is 47.6 cm³/mol. The molecule has 1 aliphatic heterocycles. The Morgan fingerprint density at radius 3 is 3.00 bits per heavy atom. The zero-order chi connectivity index (χ0) is 9.31. The molecule has 0 atom stereocenters. The monoisotopic (exact) mass is 184 g/mol. The Morgan fingerprint density at radius 1 is 1.62 bits per heavy atom. The van der Waals surface area contributed by atoms with E-state index in [1.54, 1.807) is 0 Å². The third kappa shape index (κ3) is 1.76. The average molecular weight is 184 g/mol. The van der Waals surface area contributed by atoms with E-state index in [1.165, 1.54) is 0 Å². The van der Waals surface area contributed by atoms with E-state index in [0.717, 1.165) is 19.4 Å². The van der Waals surface area contributed by atoms with Crippen LogP contribution in [0.15, 0.2) is 0 Å². The zero-order valence-electron chi connectivity index (χ0n) is 8.04. The summed E-state index contributed by atoms with van der Waals surface area (Å²) in [6, 6.07) is 0. The number of hydrogen-bond acceptors (Lipinski definition) is 3. The van der Waals surface area contributed by atoms with Crippen LogP contribution in [0.25, 0.3) is 0 Å². The second kappa shape index (κ2) is 3.39. The molecule has 1 saturated heterocycles. The number of rotatable bonds is 2. The fourth-order valence-corrected chi connectivity index (χ4v) is 2.27. The lowest BCUT2D eigenvalue weighted by atomic mass is 9.72. The number of ketones is 1. The second-order valence-corrected chi connectivity index (χ2v) is 3.98. The Kier molecular flexibility index (Phi) is 2.39. The quantitative estimate of drug-likeness (QED) is 0.649. The minimum absolute atomic E-state index is 0.130. The van der Waals surface area contributed by atoms with Crippen molar-refractivity contribution in [2.75, 3.05) is 13.2 Å². The number of carbonyl (C=O) groups is 1. The van der Waals surface area contributed by atoms with Gasteiger partial charge in [0.05, 0.1) is 18.3 Å². The first kappa shape index (κ1) is 9.16. The molecule has 1 heterocycles. The van der Waals surface area contributed by atoms with Gasteiger partial charge in [0.2, 0.25) is 0 Å². The van der Waals surface area contributed by atoms with Crippen molar-refractivity contribution in [1.82, 2.24) is 0 Å². The molecular formula is C10H16O3. The van der Waals surface area contributed by atoms with Crippen molar-refractivity contribution in [2.24, 2.45) is 0 Å². The van der Waals surface area contributed by atoms with Crippen LogP contribution in [0.2, 0.25) is 0 Å². The molecule has 0 amide bonds. The minimum Gasteiger partial charge on any atom is -0.378 e. The van der Waals surface area contributed by atoms with E-state index in [1.807, 2.05) is 6.92 Å². The van der Waals surface area contributed by atoms with Crippen molar-refractivity contribution in [3.63, 3.8) is 0 Å². The maximum Gasteiger partial charge on any atom is 0.138 e. The standard InChI is InChI=1S/C10H16O3/c1-2-12-9-6-10(7-9)5-8(11)3-4-13-10/h9H,2-7H2,1H3. The van der Waals surface area contributed by atoms with Crippen molar-refractivity contribution >= 4 is 5.78 Å². The van der Waals surface area contributed by atoms with Crippen LogP contribution in [0.3, 0.4) is 0 Å². The van der Waals surface area contributed by atoms with Crippen LogP contribution in [-0.4, -0.2) is 30.7 Å². The predicted octanol–water partition coefficient (Wildman–Crippen LogP) is 1.30. The number of ether oxygens (including phenoxy) is 2. The first-order chi connectivity index (χ1) is 6.24. The molecule has 3 nitrogen and oxygen atoms in total. The summed E-state index contributed by atoms with van der Waals surface area (Å²) < 4.78 is 11.1. The summed E-state index contributed by atoms with van der Waals surface area (Å²) in [5, 5.41) is 0. The van der Waals surface area contributed by atoms with Gasteiger partial charge in [-0.1, -0.05) is 0 Å². The third-order valence-corrected chi connectivity index (χ3v) is 2.91. The second-order valence-electron chi connectivity index (χ2n) is 3.98. The normalized spacial score (nSPS) is 39.2. The molecule has 0 unspecified atom stereocenters. The lowest BCUT2D eigenvalue weighted by Crippen LogP contribution is -2.53. The van der Waals surface area contributed by atoms with Gasteiger partial charge in [0, 0.05) is 32.3 Å². The molecular weight excluding hydrogens is 168 g/mol. The summed E-state index contributed by atoms with van der Waals surface area (Å²) in [7, 11) is 0. The Bertz CT molecular complexity index is 206. The fraction of sp³-hybridized carbons (Fsp3) is 0.900. The molecule has 13 heavy (non-hydrogen) atoms. The van der Waals surface area contributed by atoms with Gasteiger partial charge >= 0.3 is 0 Å². The lowest BCUT2D eigenvalue weighted by Gasteiger charge is -2.48. The molecule has 2 rings (SSSR count). The van der Waals surface area contributed by atoms with Crippen LogP contribution in [0.4, 0.5) is 0 Å². The van der Waals surface area contributed by atoms with Gasteiger partial charge < -0.3 is 9.47 Å². The van der Waals surface area contributed by atoms with Gasteiger partial charge in [0.25, 0.3) is 0 Å². The van der Waals surface area contributed by atoms with Crippen LogP contribution >= 0.6 is 0 Å². The summed E-state index contributed by atoms with van der Waals surface area (Å²) >= 11 is 0. The van der Waals surface area contributed by atoms with Crippen LogP contribution in [0, 0.1) is 0 Å². The van der Waals surface area contributed by atoms with E-state index in [-0.39, 0.29) is 5.60 Å². The van der Waals surface area contributed by atoms with Gasteiger partial charge in [-0.2, -0.15) is 0 Å². The van der Waals surface area contributed by atoms with Gasteiger partial charge in [-0.25, -0.2) is 0 Å². The average Bonchev–Trinajstić information content (AvgIpc) is 2.02. The maximum atomic E-state index is 11.2. The van der Waals surface area contributed by atoms with E-state index in [9.17, 15) is 4.79 Å². The summed E-state index contributed by atoms with van der Waals surface area (Å²) in [6.07, 6.45) is 3.35. The summed E-state index contributed by atoms with van der Waals surface area (Å²) in [4.78, 5) is 11.2. The highest BCUT2D eigenvalue weighted by Gasteiger charge is 2.48. The molecule has 1 spiro atoms. The van der Waals surface area contributed by atoms with E-state index in [2.05, 4.69) is 0 Å². The highest BCUT2D eigenvalue weighted by atomic mass is 16.5. The van der Waals surface area contributed by atoms with Crippen molar-refractivity contribution in [1.29, 1.82) is 0 Å². The van der Waals surface area contributed by atoms with Gasteiger partial charge in [-0.05, 0) is 6.92 Å². The van der Waals surface area contributed by atoms with Crippen LogP contribution < -0.4 is 0 Å². The maximum absolute atomic E-state index is 11.2. The largest absolute Gasteiger partial charge is 0.378 e. The molecule has 2 aliphatic rings. The van der Waals surface area contributed by atoms with Crippen LogP contribution in [0.1, 0.15) is 32.6 Å². The molecule has 1 aliphatic carbocycles. The first-order valence-electron chi connectivity index (χ1n) is 5.01. The summed E-state index contributed by atoms with van der Waals surface area (Å²) in [5.41, 5.74) is -0.130. The molecule has 0 aromatic rings. The third-order valence-electron chi connectivity index (χ3n) is 2.91. The Balaban J connectivity index is 1.84. The van der Waals surface area contributed by atoms with Crippen LogP contribution in [0.5, 0.6) is 0 Å². The molecule has 1 saturated carbocycles. The molecule has 0 aromatic heterocycles. The summed E-state index contributed by atoms with van der Waals surface area (Å²) in [6.45, 7) is 3.37. The zero-order valence-corrected chi connectivity index (χ0v) is 8.04. The van der Waals surface area contributed by atoms with E-state index in [0.29, 0.717) is 31.3 Å². The molecule has 0 radical (unpaired) electrons. The fourth-order valence-electron chi connectivity index (χ4n) is 2.27. The Morgan fingerprint density at radius 2 is 2.38 bits per heavy atom. The summed E-state index contributed by atoms with van der Waals surface area (Å²) in [5.74, 6) is 0.348. The number of hydrogen-bond donors (Lipinski definition) is 0. The molecule has 0 aromatic carbocycles. The van der Waals surface area contributed by atoms with Gasteiger partial charge in [-0.3, -0.25) is 4.79 Å². The van der Waals surface area contributed by atoms with Crippen molar-refractivity contribution < 1.29 is 14.3 Å². The lowest BCUT2D eigenvalue weighted by molar-refractivity contribution is -0.190. The molecule has 3 heteroatoms. The van der Waals surface area contributed by atoms with Crippen molar-refractivity contribution in [3.8, 4) is 0 Å². The molecule has 0 N–H and O–H groups in total. The molecule has 0 bridgehead atoms. The number of carbonyl (C=O) groups excluding carboxylic acids is 1. The van der Waals surface area contributed by atoms with E-state index in [4.69, 9.17) is 9.47 Å². The highest BCUT2D eigenvalue weighted by molar-refractivity contribution is 5.80. The van der Waals surface area contributed by atoms with Crippen molar-refractivity contribution in [3.05, 3.63) is 0 Å². The first-order valence-corrected chi connectivity index (χ1v) is 5.01. The van der Waals surface area contributed by atoms with E-state index < -0.39 is 0 Å². The van der Waals surface area contributed by atoms with Crippen molar-refractivity contribution in [2.45, 2.75) is 44.3 Å². The smallest absolute Gasteiger partial charge is 0.138 e. The highest BCUT2D eigenvalue weighted by Crippen LogP contribution is 2.42. The molecule has 74 valence electrons. The van der Waals surface area contributed by atoms with E-state index >= 15 is 0 Å². The number of Topliss-reactive ketones (excluding diaryl/α,β-unsaturated/α-hetero) is 1. The van der Waals surface area contributed by atoms with Gasteiger partial charge in [0.15, 0.2) is 0 Å². The van der Waals surface area contributed by atoms with Crippen LogP contribution in [-0.2, 0) is 14.3 Å². The Labute approximate surface area is 78.4 Å². The Hall–Kier alpha value is -0.410.